The average Bonchev–Trinajstić information content (AvgIpc) is 3.30. The Morgan fingerprint density at radius 3 is 2.65 bits per heavy atom. The van der Waals surface area contributed by atoms with Gasteiger partial charge in [-0.25, -0.2) is 0 Å². The van der Waals surface area contributed by atoms with Gasteiger partial charge in [0.1, 0.15) is 0 Å². The maximum atomic E-state index is 4.29. The lowest BCUT2D eigenvalue weighted by Gasteiger charge is -2.37. The van der Waals surface area contributed by atoms with Crippen LogP contribution < -0.4 is 10.2 Å². The second-order valence-corrected chi connectivity index (χ2v) is 6.29. The number of hydrogen-bond acceptors (Lipinski definition) is 4. The van der Waals surface area contributed by atoms with Gasteiger partial charge >= 0.3 is 0 Å². The Balaban J connectivity index is 1.64. The highest BCUT2D eigenvalue weighted by Gasteiger charge is 2.31. The number of nitrogens with zero attached hydrogens (tertiary/aromatic N) is 3. The first kappa shape index (κ1) is 13.8. The standard InChI is InChI=1S/C16H26N4/c1-13(2)18-12-14-11-17-6-5-16(14)20-9-7-19(8-10-20)15-3-4-15/h5-6,11,13,15,18H,3-4,7-10,12H2,1-2H3. The van der Waals surface area contributed by atoms with Crippen LogP contribution in [0.4, 0.5) is 5.69 Å². The molecule has 2 fully saturated rings. The van der Waals surface area contributed by atoms with Crippen molar-refractivity contribution < 1.29 is 0 Å². The quantitative estimate of drug-likeness (QED) is 0.888. The Bertz CT molecular complexity index is 434. The summed E-state index contributed by atoms with van der Waals surface area (Å²) < 4.78 is 0. The summed E-state index contributed by atoms with van der Waals surface area (Å²) in [5, 5.41) is 3.50. The van der Waals surface area contributed by atoms with E-state index in [2.05, 4.69) is 40.0 Å². The first-order chi connectivity index (χ1) is 9.74. The van der Waals surface area contributed by atoms with E-state index >= 15 is 0 Å². The van der Waals surface area contributed by atoms with Crippen molar-refractivity contribution >= 4 is 5.69 Å². The van der Waals surface area contributed by atoms with Crippen molar-refractivity contribution in [2.75, 3.05) is 31.1 Å². The molecule has 0 unspecified atom stereocenters. The van der Waals surface area contributed by atoms with Gasteiger partial charge in [0, 0.05) is 68.5 Å². The molecule has 2 heterocycles. The minimum Gasteiger partial charge on any atom is -0.369 e. The molecule has 4 heteroatoms. The van der Waals surface area contributed by atoms with Crippen LogP contribution in [0.1, 0.15) is 32.3 Å². The van der Waals surface area contributed by atoms with Crippen molar-refractivity contribution in [1.29, 1.82) is 0 Å². The minimum atomic E-state index is 0.509. The zero-order chi connectivity index (χ0) is 13.9. The Kier molecular flexibility index (Phi) is 4.22. The lowest BCUT2D eigenvalue weighted by atomic mass is 10.1. The SMILES string of the molecule is CC(C)NCc1cnccc1N1CCN(C2CC2)CC1. The summed E-state index contributed by atoms with van der Waals surface area (Å²) >= 11 is 0. The summed E-state index contributed by atoms with van der Waals surface area (Å²) in [6.45, 7) is 10.00. The number of anilines is 1. The van der Waals surface area contributed by atoms with Crippen molar-refractivity contribution in [1.82, 2.24) is 15.2 Å². The predicted molar refractivity (Wildman–Crippen MR) is 83.0 cm³/mol. The topological polar surface area (TPSA) is 31.4 Å². The van der Waals surface area contributed by atoms with E-state index in [1.165, 1.54) is 37.2 Å². The Morgan fingerprint density at radius 2 is 2.00 bits per heavy atom. The van der Waals surface area contributed by atoms with Crippen LogP contribution >= 0.6 is 0 Å². The second-order valence-electron chi connectivity index (χ2n) is 6.29. The van der Waals surface area contributed by atoms with Crippen LogP contribution in [0.15, 0.2) is 18.5 Å². The highest BCUT2D eigenvalue weighted by Crippen LogP contribution is 2.29. The highest BCUT2D eigenvalue weighted by atomic mass is 15.3. The van der Waals surface area contributed by atoms with Gasteiger partial charge in [-0.2, -0.15) is 0 Å². The zero-order valence-corrected chi connectivity index (χ0v) is 12.7. The van der Waals surface area contributed by atoms with Gasteiger partial charge in [0.25, 0.3) is 0 Å². The molecule has 0 radical (unpaired) electrons. The summed E-state index contributed by atoms with van der Waals surface area (Å²) in [5.41, 5.74) is 2.68. The number of pyridine rings is 1. The van der Waals surface area contributed by atoms with E-state index in [1.54, 1.807) is 0 Å². The van der Waals surface area contributed by atoms with E-state index in [0.717, 1.165) is 25.7 Å². The van der Waals surface area contributed by atoms with Crippen LogP contribution in [-0.4, -0.2) is 48.1 Å². The third-order valence-electron chi connectivity index (χ3n) is 4.30. The normalized spacial score (nSPS) is 20.6. The lowest BCUT2D eigenvalue weighted by Crippen LogP contribution is -2.47. The maximum Gasteiger partial charge on any atom is 0.0443 e. The molecule has 2 aliphatic rings. The molecule has 0 amide bonds. The Hall–Kier alpha value is -1.13. The lowest BCUT2D eigenvalue weighted by molar-refractivity contribution is 0.248. The summed E-state index contributed by atoms with van der Waals surface area (Å²) in [5.74, 6) is 0. The van der Waals surface area contributed by atoms with Crippen LogP contribution in [0.2, 0.25) is 0 Å². The van der Waals surface area contributed by atoms with Gasteiger partial charge in [0.2, 0.25) is 0 Å². The highest BCUT2D eigenvalue weighted by molar-refractivity contribution is 5.52. The molecule has 1 saturated heterocycles. The fourth-order valence-corrected chi connectivity index (χ4v) is 2.95. The summed E-state index contributed by atoms with van der Waals surface area (Å²) in [7, 11) is 0. The summed E-state index contributed by atoms with van der Waals surface area (Å²) in [4.78, 5) is 9.48. The fourth-order valence-electron chi connectivity index (χ4n) is 2.95. The van der Waals surface area contributed by atoms with Gasteiger partial charge in [-0.1, -0.05) is 13.8 Å². The van der Waals surface area contributed by atoms with Crippen molar-refractivity contribution in [2.45, 2.75) is 45.3 Å². The Labute approximate surface area is 122 Å². The minimum absolute atomic E-state index is 0.509. The molecule has 0 aromatic carbocycles. The molecular formula is C16H26N4. The van der Waals surface area contributed by atoms with Gasteiger partial charge in [0.05, 0.1) is 0 Å². The molecule has 3 rings (SSSR count). The van der Waals surface area contributed by atoms with Crippen LogP contribution in [0.25, 0.3) is 0 Å². The van der Waals surface area contributed by atoms with Crippen LogP contribution in [0, 0.1) is 0 Å². The van der Waals surface area contributed by atoms with E-state index in [9.17, 15) is 0 Å². The first-order valence-electron chi connectivity index (χ1n) is 7.89. The maximum absolute atomic E-state index is 4.29. The summed E-state index contributed by atoms with van der Waals surface area (Å²) in [6.07, 6.45) is 6.76. The molecule has 1 aromatic rings. The predicted octanol–water partition coefficient (Wildman–Crippen LogP) is 1.86. The molecule has 0 bridgehead atoms. The third-order valence-corrected chi connectivity index (χ3v) is 4.30. The molecule has 0 atom stereocenters. The fraction of sp³-hybridized carbons (Fsp3) is 0.688. The molecule has 1 N–H and O–H groups in total. The number of piperazine rings is 1. The van der Waals surface area contributed by atoms with Gasteiger partial charge < -0.3 is 10.2 Å². The largest absolute Gasteiger partial charge is 0.369 e. The van der Waals surface area contributed by atoms with Crippen molar-refractivity contribution in [3.8, 4) is 0 Å². The zero-order valence-electron chi connectivity index (χ0n) is 12.7. The molecule has 1 aliphatic heterocycles. The van der Waals surface area contributed by atoms with E-state index in [-0.39, 0.29) is 0 Å². The monoisotopic (exact) mass is 274 g/mol. The van der Waals surface area contributed by atoms with E-state index in [0.29, 0.717) is 6.04 Å². The van der Waals surface area contributed by atoms with Gasteiger partial charge in [-0.05, 0) is 18.9 Å². The van der Waals surface area contributed by atoms with E-state index in [4.69, 9.17) is 0 Å². The smallest absolute Gasteiger partial charge is 0.0443 e. The van der Waals surface area contributed by atoms with Crippen LogP contribution in [0.5, 0.6) is 0 Å². The van der Waals surface area contributed by atoms with Crippen LogP contribution in [-0.2, 0) is 6.54 Å². The number of hydrogen-bond donors (Lipinski definition) is 1. The van der Waals surface area contributed by atoms with Gasteiger partial charge in [0.15, 0.2) is 0 Å². The molecule has 1 aromatic heterocycles. The van der Waals surface area contributed by atoms with E-state index in [1.807, 2.05) is 12.4 Å². The third kappa shape index (κ3) is 3.30. The van der Waals surface area contributed by atoms with Crippen molar-refractivity contribution in [3.63, 3.8) is 0 Å². The van der Waals surface area contributed by atoms with Crippen LogP contribution in [0.3, 0.4) is 0 Å². The molecule has 1 aliphatic carbocycles. The molecule has 20 heavy (non-hydrogen) atoms. The van der Waals surface area contributed by atoms with Crippen molar-refractivity contribution in [3.05, 3.63) is 24.0 Å². The molecule has 110 valence electrons. The van der Waals surface area contributed by atoms with Crippen molar-refractivity contribution in [2.24, 2.45) is 0 Å². The molecule has 0 spiro atoms. The molecule has 1 saturated carbocycles. The molecular weight excluding hydrogens is 248 g/mol. The van der Waals surface area contributed by atoms with Gasteiger partial charge in [-0.15, -0.1) is 0 Å². The van der Waals surface area contributed by atoms with E-state index < -0.39 is 0 Å². The Morgan fingerprint density at radius 1 is 1.25 bits per heavy atom. The molecule has 4 nitrogen and oxygen atoms in total. The average molecular weight is 274 g/mol. The first-order valence-corrected chi connectivity index (χ1v) is 7.89. The number of aromatic nitrogens is 1. The second kappa shape index (κ2) is 6.10. The number of nitrogens with one attached hydrogen (secondary N) is 1. The number of rotatable bonds is 5. The summed E-state index contributed by atoms with van der Waals surface area (Å²) in [6, 6.07) is 3.58. The van der Waals surface area contributed by atoms with Gasteiger partial charge in [-0.3, -0.25) is 9.88 Å².